The van der Waals surface area contributed by atoms with Gasteiger partial charge in [0.05, 0.1) is 28.1 Å². The molecule has 0 unspecified atom stereocenters. The molecular formula is C43H26N4. The van der Waals surface area contributed by atoms with E-state index in [1.807, 2.05) is 36.8 Å². The van der Waals surface area contributed by atoms with Gasteiger partial charge in [-0.15, -0.1) is 0 Å². The van der Waals surface area contributed by atoms with Gasteiger partial charge in [-0.05, 0) is 92.0 Å². The van der Waals surface area contributed by atoms with E-state index in [2.05, 4.69) is 136 Å². The van der Waals surface area contributed by atoms with Crippen molar-refractivity contribution in [3.8, 4) is 39.5 Å². The van der Waals surface area contributed by atoms with Crippen LogP contribution in [0.5, 0.6) is 0 Å². The van der Waals surface area contributed by atoms with Crippen LogP contribution < -0.4 is 0 Å². The van der Waals surface area contributed by atoms with Crippen molar-refractivity contribution in [2.75, 3.05) is 0 Å². The van der Waals surface area contributed by atoms with Gasteiger partial charge in [0.25, 0.3) is 0 Å². The summed E-state index contributed by atoms with van der Waals surface area (Å²) in [7, 11) is 0. The lowest BCUT2D eigenvalue weighted by molar-refractivity contribution is 1.17. The van der Waals surface area contributed by atoms with Crippen LogP contribution in [-0.4, -0.2) is 19.5 Å². The third kappa shape index (κ3) is 3.98. The molecule has 218 valence electrons. The summed E-state index contributed by atoms with van der Waals surface area (Å²) in [6, 6.07) is 49.8. The fourth-order valence-electron chi connectivity index (χ4n) is 7.34. The monoisotopic (exact) mass is 598 g/mol. The SMILES string of the molecule is c1ccc(-c2cc(-c3ccc4ccc5cccc6ccc3c4c56)cc(-c3ccc(-n4c5ccccc5c5cnccc54)cc3)n2)nc1. The summed E-state index contributed by atoms with van der Waals surface area (Å²) in [5.74, 6) is 0. The zero-order valence-corrected chi connectivity index (χ0v) is 25.3. The van der Waals surface area contributed by atoms with Crippen molar-refractivity contribution < 1.29 is 0 Å². The molecule has 0 fully saturated rings. The van der Waals surface area contributed by atoms with Gasteiger partial charge < -0.3 is 4.57 Å². The Balaban J connectivity index is 1.16. The Kier molecular flexibility index (Phi) is 5.54. The number of fused-ring (bicyclic) bond motifs is 3. The second kappa shape index (κ2) is 10.1. The van der Waals surface area contributed by atoms with Crippen LogP contribution in [0.15, 0.2) is 158 Å². The maximum absolute atomic E-state index is 5.18. The zero-order valence-electron chi connectivity index (χ0n) is 25.3. The molecule has 4 nitrogen and oxygen atoms in total. The van der Waals surface area contributed by atoms with Crippen molar-refractivity contribution >= 4 is 54.1 Å². The molecule has 0 spiro atoms. The Morgan fingerprint density at radius 2 is 1.19 bits per heavy atom. The third-order valence-corrected chi connectivity index (χ3v) is 9.49. The molecule has 0 aliphatic rings. The van der Waals surface area contributed by atoms with Crippen molar-refractivity contribution in [3.05, 3.63) is 158 Å². The Bertz CT molecular complexity index is 2710. The van der Waals surface area contributed by atoms with Crippen LogP contribution in [0.4, 0.5) is 0 Å². The number of benzene rings is 6. The van der Waals surface area contributed by atoms with Gasteiger partial charge in [0.1, 0.15) is 0 Å². The fraction of sp³-hybridized carbons (Fsp3) is 0. The number of para-hydroxylation sites is 1. The average Bonchev–Trinajstić information content (AvgIpc) is 3.48. The Morgan fingerprint density at radius 1 is 0.447 bits per heavy atom. The molecule has 4 heteroatoms. The van der Waals surface area contributed by atoms with Crippen LogP contribution >= 0.6 is 0 Å². The Hall–Kier alpha value is -6.39. The van der Waals surface area contributed by atoms with E-state index in [0.717, 1.165) is 50.3 Å². The maximum Gasteiger partial charge on any atom is 0.0899 e. The van der Waals surface area contributed by atoms with E-state index in [1.165, 1.54) is 43.3 Å². The van der Waals surface area contributed by atoms with Crippen LogP contribution in [0.1, 0.15) is 0 Å². The summed E-state index contributed by atoms with van der Waals surface area (Å²) < 4.78 is 2.31. The summed E-state index contributed by atoms with van der Waals surface area (Å²) in [5, 5.41) is 10.00. The maximum atomic E-state index is 5.18. The minimum atomic E-state index is 0.850. The number of pyridine rings is 3. The average molecular weight is 599 g/mol. The van der Waals surface area contributed by atoms with Crippen LogP contribution in [-0.2, 0) is 0 Å². The van der Waals surface area contributed by atoms with E-state index in [9.17, 15) is 0 Å². The number of aromatic nitrogens is 4. The number of hydrogen-bond donors (Lipinski definition) is 0. The first-order valence-electron chi connectivity index (χ1n) is 15.8. The van der Waals surface area contributed by atoms with Gasteiger partial charge in [0, 0.05) is 40.6 Å². The molecule has 4 aromatic heterocycles. The largest absolute Gasteiger partial charge is 0.309 e. The van der Waals surface area contributed by atoms with Gasteiger partial charge in [0.2, 0.25) is 0 Å². The summed E-state index contributed by atoms with van der Waals surface area (Å²) in [4.78, 5) is 14.3. The number of nitrogens with zero attached hydrogens (tertiary/aromatic N) is 4. The number of rotatable bonds is 4. The minimum absolute atomic E-state index is 0.850. The predicted octanol–water partition coefficient (Wildman–Crippen LogP) is 10.9. The topological polar surface area (TPSA) is 43.6 Å². The Morgan fingerprint density at radius 3 is 2.04 bits per heavy atom. The smallest absolute Gasteiger partial charge is 0.0899 e. The second-order valence-corrected chi connectivity index (χ2v) is 12.1. The summed E-state index contributed by atoms with van der Waals surface area (Å²) in [6.07, 6.45) is 5.64. The second-order valence-electron chi connectivity index (χ2n) is 12.1. The molecule has 6 aromatic carbocycles. The molecule has 0 amide bonds. The molecule has 0 saturated carbocycles. The molecule has 0 radical (unpaired) electrons. The standard InChI is InChI=1S/C43H26N4/c1-2-10-40-34(8-1)36-26-44-23-21-41(36)47(40)32-17-13-27(14-18-32)38-24-31(25-39(46-38)37-9-3-4-22-45-37)33-19-15-30-12-11-28-6-5-7-29-16-20-35(33)43(30)42(28)29/h1-26H. The van der Waals surface area contributed by atoms with Crippen LogP contribution in [0.3, 0.4) is 0 Å². The fourth-order valence-corrected chi connectivity index (χ4v) is 7.34. The van der Waals surface area contributed by atoms with Gasteiger partial charge in [-0.3, -0.25) is 9.97 Å². The molecule has 0 aliphatic carbocycles. The van der Waals surface area contributed by atoms with Crippen LogP contribution in [0.25, 0.3) is 93.6 Å². The summed E-state index contributed by atoms with van der Waals surface area (Å²) in [6.45, 7) is 0. The van der Waals surface area contributed by atoms with Crippen molar-refractivity contribution in [1.82, 2.24) is 19.5 Å². The van der Waals surface area contributed by atoms with E-state index in [4.69, 9.17) is 4.98 Å². The van der Waals surface area contributed by atoms with Crippen molar-refractivity contribution in [3.63, 3.8) is 0 Å². The summed E-state index contributed by atoms with van der Waals surface area (Å²) in [5.41, 5.74) is 9.36. The molecule has 47 heavy (non-hydrogen) atoms. The first-order chi connectivity index (χ1) is 23.3. The third-order valence-electron chi connectivity index (χ3n) is 9.49. The highest BCUT2D eigenvalue weighted by Crippen LogP contribution is 2.41. The van der Waals surface area contributed by atoms with Crippen molar-refractivity contribution in [2.24, 2.45) is 0 Å². The quantitative estimate of drug-likeness (QED) is 0.189. The van der Waals surface area contributed by atoms with E-state index < -0.39 is 0 Å². The molecule has 0 N–H and O–H groups in total. The normalized spacial score (nSPS) is 11.8. The van der Waals surface area contributed by atoms with Crippen molar-refractivity contribution in [2.45, 2.75) is 0 Å². The lowest BCUT2D eigenvalue weighted by Crippen LogP contribution is -1.96. The molecule has 0 atom stereocenters. The van der Waals surface area contributed by atoms with Gasteiger partial charge in [-0.25, -0.2) is 4.98 Å². The van der Waals surface area contributed by atoms with Gasteiger partial charge in [-0.1, -0.05) is 91.0 Å². The molecule has 0 saturated heterocycles. The van der Waals surface area contributed by atoms with Crippen LogP contribution in [0.2, 0.25) is 0 Å². The van der Waals surface area contributed by atoms with E-state index in [-0.39, 0.29) is 0 Å². The van der Waals surface area contributed by atoms with Crippen LogP contribution in [0, 0.1) is 0 Å². The lowest BCUT2D eigenvalue weighted by atomic mass is 9.89. The van der Waals surface area contributed by atoms with Gasteiger partial charge in [0.15, 0.2) is 0 Å². The number of hydrogen-bond acceptors (Lipinski definition) is 3. The highest BCUT2D eigenvalue weighted by molar-refractivity contribution is 6.25. The van der Waals surface area contributed by atoms with Crippen molar-refractivity contribution in [1.29, 1.82) is 0 Å². The van der Waals surface area contributed by atoms with Gasteiger partial charge >= 0.3 is 0 Å². The van der Waals surface area contributed by atoms with E-state index in [1.54, 1.807) is 0 Å². The molecule has 0 aliphatic heterocycles. The highest BCUT2D eigenvalue weighted by atomic mass is 15.0. The zero-order chi connectivity index (χ0) is 30.9. The Labute approximate surface area is 270 Å². The molecule has 4 heterocycles. The lowest BCUT2D eigenvalue weighted by Gasteiger charge is -2.16. The highest BCUT2D eigenvalue weighted by Gasteiger charge is 2.16. The first kappa shape index (κ1) is 25.9. The molecule has 10 aromatic rings. The first-order valence-corrected chi connectivity index (χ1v) is 15.8. The molecule has 0 bridgehead atoms. The minimum Gasteiger partial charge on any atom is -0.309 e. The van der Waals surface area contributed by atoms with Gasteiger partial charge in [-0.2, -0.15) is 0 Å². The predicted molar refractivity (Wildman–Crippen MR) is 194 cm³/mol. The molecular weight excluding hydrogens is 573 g/mol. The van der Waals surface area contributed by atoms with E-state index in [0.29, 0.717) is 0 Å². The molecule has 10 rings (SSSR count). The van der Waals surface area contributed by atoms with E-state index >= 15 is 0 Å². The summed E-state index contributed by atoms with van der Waals surface area (Å²) >= 11 is 0.